The summed E-state index contributed by atoms with van der Waals surface area (Å²) < 4.78 is 5.15. The summed E-state index contributed by atoms with van der Waals surface area (Å²) >= 11 is 0. The third-order valence-electron chi connectivity index (χ3n) is 2.93. The van der Waals surface area contributed by atoms with E-state index in [4.69, 9.17) is 10.3 Å². The summed E-state index contributed by atoms with van der Waals surface area (Å²) in [6.45, 7) is 1.84. The highest BCUT2D eigenvalue weighted by Crippen LogP contribution is 2.33. The first kappa shape index (κ1) is 13.7. The second kappa shape index (κ2) is 5.97. The molecule has 20 heavy (non-hydrogen) atoms. The normalized spacial score (nSPS) is 9.90. The quantitative estimate of drug-likeness (QED) is 0.825. The Bertz CT molecular complexity index is 639. The van der Waals surface area contributed by atoms with Gasteiger partial charge in [0, 0.05) is 17.3 Å². The van der Waals surface area contributed by atoms with Crippen molar-refractivity contribution in [2.45, 2.75) is 6.92 Å². The van der Waals surface area contributed by atoms with Gasteiger partial charge in [-0.15, -0.1) is 0 Å². The number of ether oxygens (including phenoxy) is 1. The number of anilines is 1. The molecule has 1 amide bonds. The van der Waals surface area contributed by atoms with E-state index in [-0.39, 0.29) is 5.91 Å². The van der Waals surface area contributed by atoms with Gasteiger partial charge < -0.3 is 10.1 Å². The van der Waals surface area contributed by atoms with Gasteiger partial charge in [-0.2, -0.15) is 5.11 Å². The van der Waals surface area contributed by atoms with Gasteiger partial charge >= 0.3 is 0 Å². The lowest BCUT2D eigenvalue weighted by Crippen LogP contribution is -2.12. The Kier molecular flexibility index (Phi) is 4.10. The van der Waals surface area contributed by atoms with Crippen molar-refractivity contribution in [1.82, 2.24) is 0 Å². The minimum absolute atomic E-state index is 0.189. The summed E-state index contributed by atoms with van der Waals surface area (Å²) in [5.74, 6) is 0.264. The summed E-state index contributed by atoms with van der Waals surface area (Å²) in [5, 5.41) is 6.22. The maximum Gasteiger partial charge on any atom is 0.255 e. The van der Waals surface area contributed by atoms with Crippen molar-refractivity contribution in [2.75, 3.05) is 12.4 Å². The largest absolute Gasteiger partial charge is 0.494 e. The molecule has 2 aromatic carbocycles. The van der Waals surface area contributed by atoms with Crippen LogP contribution in [0.3, 0.4) is 0 Å². The van der Waals surface area contributed by atoms with Gasteiger partial charge in [0.1, 0.15) is 11.4 Å². The lowest BCUT2D eigenvalue weighted by atomic mass is 10.1. The van der Waals surface area contributed by atoms with Gasteiger partial charge in [-0.05, 0) is 30.7 Å². The fraction of sp³-hybridized carbons (Fsp3) is 0.133. The molecule has 0 unspecified atom stereocenters. The second-order valence-electron chi connectivity index (χ2n) is 4.27. The predicted octanol–water partition coefficient (Wildman–Crippen LogP) is 3.92. The Morgan fingerprint density at radius 1 is 1.25 bits per heavy atom. The SMILES string of the molecule is COc1cc(NC(=O)c2ccccc2)c(C)cc1N=N. The predicted molar refractivity (Wildman–Crippen MR) is 76.9 cm³/mol. The number of amides is 1. The van der Waals surface area contributed by atoms with Crippen LogP contribution in [0.4, 0.5) is 11.4 Å². The van der Waals surface area contributed by atoms with Crippen LogP contribution in [0.2, 0.25) is 0 Å². The Balaban J connectivity index is 2.30. The monoisotopic (exact) mass is 269 g/mol. The number of rotatable bonds is 4. The van der Waals surface area contributed by atoms with E-state index in [1.54, 1.807) is 24.3 Å². The van der Waals surface area contributed by atoms with Crippen LogP contribution in [0.5, 0.6) is 5.75 Å². The summed E-state index contributed by atoms with van der Waals surface area (Å²) in [7, 11) is 1.50. The van der Waals surface area contributed by atoms with Crippen molar-refractivity contribution in [2.24, 2.45) is 5.11 Å². The molecule has 0 aliphatic carbocycles. The third kappa shape index (κ3) is 2.83. The van der Waals surface area contributed by atoms with Crippen molar-refractivity contribution in [3.63, 3.8) is 0 Å². The average Bonchev–Trinajstić information content (AvgIpc) is 2.49. The fourth-order valence-electron chi connectivity index (χ4n) is 1.84. The number of carbonyl (C=O) groups is 1. The van der Waals surface area contributed by atoms with Crippen LogP contribution in [-0.2, 0) is 0 Å². The zero-order chi connectivity index (χ0) is 14.5. The Morgan fingerprint density at radius 3 is 2.55 bits per heavy atom. The molecule has 0 saturated carbocycles. The smallest absolute Gasteiger partial charge is 0.255 e. The molecule has 2 N–H and O–H groups in total. The van der Waals surface area contributed by atoms with E-state index in [9.17, 15) is 4.79 Å². The molecule has 2 rings (SSSR count). The molecule has 0 atom stereocenters. The van der Waals surface area contributed by atoms with E-state index >= 15 is 0 Å². The van der Waals surface area contributed by atoms with Gasteiger partial charge in [0.25, 0.3) is 5.91 Å². The van der Waals surface area contributed by atoms with Crippen molar-refractivity contribution < 1.29 is 9.53 Å². The van der Waals surface area contributed by atoms with Crippen LogP contribution in [0, 0.1) is 12.5 Å². The van der Waals surface area contributed by atoms with Crippen molar-refractivity contribution in [3.05, 3.63) is 53.6 Å². The number of hydrogen-bond donors (Lipinski definition) is 2. The molecule has 5 heteroatoms. The Hall–Kier alpha value is -2.69. The van der Waals surface area contributed by atoms with Crippen LogP contribution >= 0.6 is 0 Å². The van der Waals surface area contributed by atoms with Crippen LogP contribution < -0.4 is 10.1 Å². The lowest BCUT2D eigenvalue weighted by Gasteiger charge is -2.12. The minimum Gasteiger partial charge on any atom is -0.494 e. The number of hydrogen-bond acceptors (Lipinski definition) is 4. The first-order chi connectivity index (χ1) is 9.65. The molecular weight excluding hydrogens is 254 g/mol. The summed E-state index contributed by atoms with van der Waals surface area (Å²) in [6.07, 6.45) is 0. The van der Waals surface area contributed by atoms with E-state index < -0.39 is 0 Å². The molecule has 5 nitrogen and oxygen atoms in total. The molecule has 2 aromatic rings. The molecule has 0 aromatic heterocycles. The topological polar surface area (TPSA) is 74.5 Å². The van der Waals surface area contributed by atoms with Crippen LogP contribution in [0.25, 0.3) is 0 Å². The highest BCUT2D eigenvalue weighted by Gasteiger charge is 2.11. The number of nitrogens with one attached hydrogen (secondary N) is 2. The Morgan fingerprint density at radius 2 is 1.95 bits per heavy atom. The van der Waals surface area contributed by atoms with Gasteiger partial charge in [0.15, 0.2) is 0 Å². The number of aryl methyl sites for hydroxylation is 1. The van der Waals surface area contributed by atoms with Crippen molar-refractivity contribution in [3.8, 4) is 5.75 Å². The van der Waals surface area contributed by atoms with E-state index in [1.165, 1.54) is 7.11 Å². The van der Waals surface area contributed by atoms with Crippen LogP contribution in [0.1, 0.15) is 15.9 Å². The van der Waals surface area contributed by atoms with E-state index in [1.807, 2.05) is 25.1 Å². The maximum atomic E-state index is 12.1. The number of benzene rings is 2. The molecule has 0 heterocycles. The number of carbonyl (C=O) groups excluding carboxylic acids is 1. The fourth-order valence-corrected chi connectivity index (χ4v) is 1.84. The van der Waals surface area contributed by atoms with E-state index in [0.717, 1.165) is 5.56 Å². The zero-order valence-electron chi connectivity index (χ0n) is 11.3. The number of nitrogens with zero attached hydrogens (tertiary/aromatic N) is 1. The third-order valence-corrected chi connectivity index (χ3v) is 2.93. The first-order valence-electron chi connectivity index (χ1n) is 6.08. The molecule has 0 fully saturated rings. The molecule has 0 aliphatic heterocycles. The van der Waals surface area contributed by atoms with Crippen LogP contribution in [-0.4, -0.2) is 13.0 Å². The zero-order valence-corrected chi connectivity index (χ0v) is 11.3. The molecule has 102 valence electrons. The van der Waals surface area contributed by atoms with Gasteiger partial charge in [-0.3, -0.25) is 4.79 Å². The summed E-state index contributed by atoms with van der Waals surface area (Å²) in [5.41, 5.74) is 9.57. The minimum atomic E-state index is -0.189. The number of methoxy groups -OCH3 is 1. The van der Waals surface area contributed by atoms with Crippen LogP contribution in [0.15, 0.2) is 47.6 Å². The second-order valence-corrected chi connectivity index (χ2v) is 4.27. The van der Waals surface area contributed by atoms with Gasteiger partial charge in [-0.25, -0.2) is 5.53 Å². The van der Waals surface area contributed by atoms with Gasteiger partial charge in [0.05, 0.1) is 7.11 Å². The van der Waals surface area contributed by atoms with Crippen molar-refractivity contribution in [1.29, 1.82) is 5.53 Å². The van der Waals surface area contributed by atoms with Gasteiger partial charge in [0.2, 0.25) is 0 Å². The molecule has 0 bridgehead atoms. The standard InChI is InChI=1S/C15H15N3O2/c1-10-8-13(18-16)14(20-2)9-12(10)17-15(19)11-6-4-3-5-7-11/h3-9,16H,1-2H3,(H,17,19). The van der Waals surface area contributed by atoms with E-state index in [0.29, 0.717) is 22.7 Å². The van der Waals surface area contributed by atoms with Crippen molar-refractivity contribution >= 4 is 17.3 Å². The van der Waals surface area contributed by atoms with Gasteiger partial charge in [-0.1, -0.05) is 18.2 Å². The highest BCUT2D eigenvalue weighted by molar-refractivity contribution is 6.04. The first-order valence-corrected chi connectivity index (χ1v) is 6.08. The molecule has 0 radical (unpaired) electrons. The molecule has 0 aliphatic rings. The Labute approximate surface area is 117 Å². The van der Waals surface area contributed by atoms with E-state index in [2.05, 4.69) is 10.4 Å². The molecular formula is C15H15N3O2. The summed E-state index contributed by atoms with van der Waals surface area (Å²) in [6, 6.07) is 12.3. The summed E-state index contributed by atoms with van der Waals surface area (Å²) in [4.78, 5) is 12.1. The highest BCUT2D eigenvalue weighted by atomic mass is 16.5. The molecule has 0 spiro atoms. The molecule has 0 saturated heterocycles. The lowest BCUT2D eigenvalue weighted by molar-refractivity contribution is 0.102. The average molecular weight is 269 g/mol. The maximum absolute atomic E-state index is 12.1.